The molecule has 0 saturated heterocycles. The molecule has 0 spiro atoms. The molecule has 2 aromatic rings. The Bertz CT molecular complexity index is 557. The fourth-order valence-corrected chi connectivity index (χ4v) is 3.33. The van der Waals surface area contributed by atoms with E-state index in [2.05, 4.69) is 30.1 Å². The van der Waals surface area contributed by atoms with Crippen LogP contribution in [0.25, 0.3) is 10.9 Å². The molecule has 1 heterocycles. The number of H-pyrrole nitrogens is 1. The molecule has 2 nitrogen and oxygen atoms in total. The summed E-state index contributed by atoms with van der Waals surface area (Å²) in [6.07, 6.45) is 3.76. The summed E-state index contributed by atoms with van der Waals surface area (Å²) in [5.74, 6) is 0.652. The van der Waals surface area contributed by atoms with Gasteiger partial charge in [0.25, 0.3) is 0 Å². The number of halogens is 1. The maximum Gasteiger partial charge on any atom is 0.132 e. The maximum atomic E-state index is 6.15. The van der Waals surface area contributed by atoms with Gasteiger partial charge in [0.2, 0.25) is 0 Å². The summed E-state index contributed by atoms with van der Waals surface area (Å²) < 4.78 is 0. The molecule has 0 bridgehead atoms. The highest BCUT2D eigenvalue weighted by Gasteiger charge is 2.21. The number of aryl methyl sites for hydroxylation is 2. The van der Waals surface area contributed by atoms with Gasteiger partial charge in [-0.05, 0) is 54.9 Å². The van der Waals surface area contributed by atoms with Gasteiger partial charge in [-0.3, -0.25) is 5.10 Å². The first kappa shape index (κ1) is 13.4. The van der Waals surface area contributed by atoms with Gasteiger partial charge in [-0.1, -0.05) is 32.4 Å². The number of nitrogens with zero attached hydrogens (tertiary/aromatic N) is 1. The summed E-state index contributed by atoms with van der Waals surface area (Å²) in [7, 11) is 0. The van der Waals surface area contributed by atoms with Crippen LogP contribution in [0.2, 0.25) is 5.15 Å². The predicted octanol–water partition coefficient (Wildman–Crippen LogP) is 4.99. The van der Waals surface area contributed by atoms with Crippen LogP contribution in [-0.2, 0) is 6.42 Å². The Kier molecular flexibility index (Phi) is 3.96. The number of hydrogen-bond acceptors (Lipinski definition) is 1. The van der Waals surface area contributed by atoms with Crippen molar-refractivity contribution in [1.82, 2.24) is 10.2 Å². The molecule has 1 aliphatic carbocycles. The zero-order valence-electron chi connectivity index (χ0n) is 11.6. The van der Waals surface area contributed by atoms with E-state index in [4.69, 9.17) is 11.6 Å². The molecule has 18 heavy (non-hydrogen) atoms. The second-order valence-corrected chi connectivity index (χ2v) is 5.18. The number of fused-ring (bicyclic) bond motifs is 2. The fraction of sp³-hybridized carbons (Fsp3) is 0.533. The smallest absolute Gasteiger partial charge is 0.132 e. The van der Waals surface area contributed by atoms with Crippen molar-refractivity contribution in [2.45, 2.75) is 52.9 Å². The third-order valence-electron chi connectivity index (χ3n) is 3.76. The molecule has 1 aromatic carbocycles. The van der Waals surface area contributed by atoms with Crippen LogP contribution in [0.15, 0.2) is 6.07 Å². The van der Waals surface area contributed by atoms with Gasteiger partial charge in [0.1, 0.15) is 5.15 Å². The van der Waals surface area contributed by atoms with Crippen LogP contribution in [0.4, 0.5) is 0 Å². The molecule has 98 valence electrons. The zero-order valence-corrected chi connectivity index (χ0v) is 12.4. The third kappa shape index (κ3) is 2.03. The molecule has 0 radical (unpaired) electrons. The Labute approximate surface area is 114 Å². The predicted molar refractivity (Wildman–Crippen MR) is 78.5 cm³/mol. The van der Waals surface area contributed by atoms with Crippen molar-refractivity contribution < 1.29 is 0 Å². The molecule has 0 amide bonds. The Hall–Kier alpha value is -1.02. The molecule has 1 aliphatic rings. The topological polar surface area (TPSA) is 28.7 Å². The lowest BCUT2D eigenvalue weighted by molar-refractivity contribution is 0.588. The van der Waals surface area contributed by atoms with Gasteiger partial charge in [0.15, 0.2) is 0 Å². The minimum absolute atomic E-state index is 0.652. The van der Waals surface area contributed by atoms with Gasteiger partial charge in [-0.2, -0.15) is 5.10 Å². The van der Waals surface area contributed by atoms with Crippen LogP contribution in [0, 0.1) is 6.92 Å². The SMILES string of the molecule is CC.Cc1c2c(cc3n[nH]c(Cl)c13)CCCC2C. The highest BCUT2D eigenvalue weighted by molar-refractivity contribution is 6.34. The third-order valence-corrected chi connectivity index (χ3v) is 4.04. The first-order valence-corrected chi connectivity index (χ1v) is 7.22. The van der Waals surface area contributed by atoms with E-state index in [0.717, 1.165) is 10.9 Å². The van der Waals surface area contributed by atoms with E-state index >= 15 is 0 Å². The second-order valence-electron chi connectivity index (χ2n) is 4.80. The molecule has 0 aliphatic heterocycles. The first-order valence-electron chi connectivity index (χ1n) is 6.84. The maximum absolute atomic E-state index is 6.15. The fourth-order valence-electron chi connectivity index (χ4n) is 3.05. The van der Waals surface area contributed by atoms with Gasteiger partial charge >= 0.3 is 0 Å². The Morgan fingerprint density at radius 3 is 2.83 bits per heavy atom. The van der Waals surface area contributed by atoms with Gasteiger partial charge in [-0.25, -0.2) is 0 Å². The normalized spacial score (nSPS) is 18.2. The summed E-state index contributed by atoms with van der Waals surface area (Å²) in [6, 6.07) is 2.20. The quantitative estimate of drug-likeness (QED) is 0.713. The Morgan fingerprint density at radius 1 is 1.39 bits per heavy atom. The summed E-state index contributed by atoms with van der Waals surface area (Å²) in [5, 5.41) is 8.91. The van der Waals surface area contributed by atoms with E-state index < -0.39 is 0 Å². The van der Waals surface area contributed by atoms with E-state index in [0.29, 0.717) is 11.1 Å². The van der Waals surface area contributed by atoms with Crippen molar-refractivity contribution in [2.24, 2.45) is 0 Å². The summed E-state index contributed by atoms with van der Waals surface area (Å²) in [5.41, 5.74) is 5.29. The lowest BCUT2D eigenvalue weighted by Crippen LogP contribution is -2.09. The van der Waals surface area contributed by atoms with Gasteiger partial charge in [0.05, 0.1) is 5.52 Å². The number of aromatic nitrogens is 2. The summed E-state index contributed by atoms with van der Waals surface area (Å²) in [4.78, 5) is 0. The number of aromatic amines is 1. The number of hydrogen-bond donors (Lipinski definition) is 1. The van der Waals surface area contributed by atoms with Crippen molar-refractivity contribution in [2.75, 3.05) is 0 Å². The first-order chi connectivity index (χ1) is 8.68. The lowest BCUT2D eigenvalue weighted by Gasteiger charge is -2.24. The Balaban J connectivity index is 0.000000574. The van der Waals surface area contributed by atoms with E-state index in [-0.39, 0.29) is 0 Å². The molecule has 3 rings (SSSR count). The van der Waals surface area contributed by atoms with Crippen LogP contribution in [0.5, 0.6) is 0 Å². The van der Waals surface area contributed by atoms with Gasteiger partial charge < -0.3 is 0 Å². The van der Waals surface area contributed by atoms with Crippen molar-refractivity contribution >= 4 is 22.5 Å². The van der Waals surface area contributed by atoms with Crippen LogP contribution in [0.1, 0.15) is 56.2 Å². The van der Waals surface area contributed by atoms with E-state index in [1.165, 1.54) is 36.0 Å². The monoisotopic (exact) mass is 264 g/mol. The van der Waals surface area contributed by atoms with E-state index in [9.17, 15) is 0 Å². The highest BCUT2D eigenvalue weighted by atomic mass is 35.5. The molecular formula is C15H21ClN2. The van der Waals surface area contributed by atoms with Gasteiger partial charge in [0, 0.05) is 5.39 Å². The van der Waals surface area contributed by atoms with E-state index in [1.807, 2.05) is 13.8 Å². The van der Waals surface area contributed by atoms with Crippen molar-refractivity contribution in [3.63, 3.8) is 0 Å². The molecular weight excluding hydrogens is 244 g/mol. The van der Waals surface area contributed by atoms with Crippen molar-refractivity contribution in [3.8, 4) is 0 Å². The molecule has 1 atom stereocenters. The molecule has 0 fully saturated rings. The van der Waals surface area contributed by atoms with Crippen molar-refractivity contribution in [3.05, 3.63) is 27.9 Å². The number of benzene rings is 1. The average molecular weight is 265 g/mol. The van der Waals surface area contributed by atoms with E-state index in [1.54, 1.807) is 0 Å². The molecule has 3 heteroatoms. The Morgan fingerprint density at radius 2 is 2.11 bits per heavy atom. The van der Waals surface area contributed by atoms with Crippen molar-refractivity contribution in [1.29, 1.82) is 0 Å². The molecule has 0 saturated carbocycles. The lowest BCUT2D eigenvalue weighted by atomic mass is 9.80. The molecule has 1 aromatic heterocycles. The van der Waals surface area contributed by atoms with Crippen LogP contribution in [-0.4, -0.2) is 10.2 Å². The minimum Gasteiger partial charge on any atom is -0.266 e. The zero-order chi connectivity index (χ0) is 13.3. The number of rotatable bonds is 0. The number of nitrogens with one attached hydrogen (secondary N) is 1. The largest absolute Gasteiger partial charge is 0.266 e. The average Bonchev–Trinajstić information content (AvgIpc) is 2.74. The van der Waals surface area contributed by atoms with Crippen LogP contribution in [0.3, 0.4) is 0 Å². The summed E-state index contributed by atoms with van der Waals surface area (Å²) >= 11 is 6.15. The molecule has 1 N–H and O–H groups in total. The molecule has 1 unspecified atom stereocenters. The highest BCUT2D eigenvalue weighted by Crippen LogP contribution is 2.38. The van der Waals surface area contributed by atoms with Crippen LogP contribution < -0.4 is 0 Å². The second kappa shape index (κ2) is 5.31. The standard InChI is InChI=1S/C13H15ClN2.C2H6/c1-7-4-3-5-9-6-10-12(8(2)11(7)9)13(14)16-15-10;1-2/h6-7H,3-5H2,1-2H3,(H,15,16);1-2H3. The van der Waals surface area contributed by atoms with Crippen LogP contribution >= 0.6 is 11.6 Å². The summed E-state index contributed by atoms with van der Waals surface area (Å²) in [6.45, 7) is 8.48. The van der Waals surface area contributed by atoms with Gasteiger partial charge in [-0.15, -0.1) is 0 Å². The minimum atomic E-state index is 0.652.